The van der Waals surface area contributed by atoms with Gasteiger partial charge in [-0.25, -0.2) is 4.79 Å². The molecule has 4 nitrogen and oxygen atoms in total. The Morgan fingerprint density at radius 3 is 2.94 bits per heavy atom. The molecule has 0 bridgehead atoms. The van der Waals surface area contributed by atoms with Gasteiger partial charge in [0.15, 0.2) is 0 Å². The van der Waals surface area contributed by atoms with Crippen LogP contribution in [0, 0.1) is 6.92 Å². The lowest BCUT2D eigenvalue weighted by Crippen LogP contribution is -2.39. The Morgan fingerprint density at radius 2 is 2.31 bits per heavy atom. The number of carbonyl (C=O) groups is 1. The zero-order valence-electron chi connectivity index (χ0n) is 9.06. The minimum absolute atomic E-state index is 0.0149. The first kappa shape index (κ1) is 10.9. The van der Waals surface area contributed by atoms with Crippen LogP contribution >= 0.6 is 11.3 Å². The van der Waals surface area contributed by atoms with Crippen molar-refractivity contribution < 1.29 is 19.2 Å². The first-order chi connectivity index (χ1) is 7.61. The number of carboxylic acids is 1. The van der Waals surface area contributed by atoms with Gasteiger partial charge in [0.1, 0.15) is 10.4 Å². The third-order valence-electron chi connectivity index (χ3n) is 2.39. The van der Waals surface area contributed by atoms with E-state index in [0.29, 0.717) is 0 Å². The van der Waals surface area contributed by atoms with Gasteiger partial charge in [-0.3, -0.25) is 0 Å². The Morgan fingerprint density at radius 1 is 1.56 bits per heavy atom. The van der Waals surface area contributed by atoms with Crippen LogP contribution in [-0.4, -0.2) is 18.2 Å². The summed E-state index contributed by atoms with van der Waals surface area (Å²) < 4.78 is 7.99. The van der Waals surface area contributed by atoms with Gasteiger partial charge in [0.2, 0.25) is 17.1 Å². The number of fused-ring (bicyclic) bond motifs is 1. The van der Waals surface area contributed by atoms with Crippen molar-refractivity contribution in [2.24, 2.45) is 0 Å². The number of aryl methyl sites for hydroxylation is 1. The Bertz CT molecular complexity index is 547. The predicted molar refractivity (Wildman–Crippen MR) is 60.9 cm³/mol. The summed E-state index contributed by atoms with van der Waals surface area (Å²) in [5.41, 5.74) is 0.907. The van der Waals surface area contributed by atoms with Crippen molar-refractivity contribution in [3.8, 4) is 5.75 Å². The van der Waals surface area contributed by atoms with Crippen molar-refractivity contribution in [2.45, 2.75) is 13.5 Å². The van der Waals surface area contributed by atoms with Crippen molar-refractivity contribution in [1.29, 1.82) is 0 Å². The smallest absolute Gasteiger partial charge is 0.370 e. The lowest BCUT2D eigenvalue weighted by Gasteiger charge is -1.97. The molecule has 0 aliphatic carbocycles. The van der Waals surface area contributed by atoms with E-state index in [0.717, 1.165) is 21.0 Å². The van der Waals surface area contributed by atoms with Crippen molar-refractivity contribution >= 4 is 27.5 Å². The fourth-order valence-electron chi connectivity index (χ4n) is 1.64. The van der Waals surface area contributed by atoms with Gasteiger partial charge in [-0.1, -0.05) is 11.3 Å². The average molecular weight is 238 g/mol. The molecule has 1 heterocycles. The van der Waals surface area contributed by atoms with Gasteiger partial charge < -0.3 is 9.84 Å². The monoisotopic (exact) mass is 238 g/mol. The van der Waals surface area contributed by atoms with Crippen LogP contribution in [0.15, 0.2) is 18.2 Å². The third kappa shape index (κ3) is 1.86. The first-order valence-electron chi connectivity index (χ1n) is 4.80. The van der Waals surface area contributed by atoms with Crippen molar-refractivity contribution in [2.75, 3.05) is 7.11 Å². The van der Waals surface area contributed by atoms with Gasteiger partial charge in [0.05, 0.1) is 13.2 Å². The largest absolute Gasteiger partial charge is 0.497 e. The third-order valence-corrected chi connectivity index (χ3v) is 3.47. The second kappa shape index (κ2) is 4.09. The molecule has 0 aliphatic rings. The minimum atomic E-state index is -0.837. The topological polar surface area (TPSA) is 50.4 Å². The Kier molecular flexibility index (Phi) is 2.78. The van der Waals surface area contributed by atoms with Crippen LogP contribution < -0.4 is 9.30 Å². The molecule has 16 heavy (non-hydrogen) atoms. The number of hydrogen-bond donors (Lipinski definition) is 1. The second-order valence-electron chi connectivity index (χ2n) is 3.43. The van der Waals surface area contributed by atoms with Crippen LogP contribution in [0.25, 0.3) is 10.2 Å². The molecule has 0 saturated carbocycles. The minimum Gasteiger partial charge on any atom is -0.497 e. The van der Waals surface area contributed by atoms with Crippen molar-refractivity contribution in [3.63, 3.8) is 0 Å². The van der Waals surface area contributed by atoms with E-state index in [1.54, 1.807) is 23.0 Å². The maximum absolute atomic E-state index is 10.8. The van der Waals surface area contributed by atoms with Crippen LogP contribution in [0.4, 0.5) is 0 Å². The number of nitrogens with zero attached hydrogens (tertiary/aromatic N) is 1. The Balaban J connectivity index is 2.61. The number of benzene rings is 1. The number of hydrogen-bond acceptors (Lipinski definition) is 3. The highest BCUT2D eigenvalue weighted by Crippen LogP contribution is 2.24. The summed E-state index contributed by atoms with van der Waals surface area (Å²) in [6.45, 7) is 1.90. The summed E-state index contributed by atoms with van der Waals surface area (Å²) in [4.78, 5) is 10.8. The predicted octanol–water partition coefficient (Wildman–Crippen LogP) is 1.59. The summed E-state index contributed by atoms with van der Waals surface area (Å²) in [5.74, 6) is -0.0972. The SMILES string of the molecule is COc1ccc2sc(C)[n+](CC(=O)O)c2c1. The van der Waals surface area contributed by atoms with Gasteiger partial charge in [-0.2, -0.15) is 4.57 Å². The molecule has 0 fully saturated rings. The van der Waals surface area contributed by atoms with Crippen LogP contribution in [0.5, 0.6) is 5.75 Å². The maximum Gasteiger partial charge on any atom is 0.370 e. The van der Waals surface area contributed by atoms with Gasteiger partial charge >= 0.3 is 5.97 Å². The molecule has 84 valence electrons. The fourth-order valence-corrected chi connectivity index (χ4v) is 2.64. The molecule has 2 rings (SSSR count). The van der Waals surface area contributed by atoms with Crippen molar-refractivity contribution in [3.05, 3.63) is 23.2 Å². The van der Waals surface area contributed by atoms with E-state index in [4.69, 9.17) is 9.84 Å². The lowest BCUT2D eigenvalue weighted by atomic mass is 10.3. The molecular weight excluding hydrogens is 226 g/mol. The fraction of sp³-hybridized carbons (Fsp3) is 0.273. The summed E-state index contributed by atoms with van der Waals surface area (Å²) in [6.07, 6.45) is 0. The van der Waals surface area contributed by atoms with Gasteiger partial charge in [-0.15, -0.1) is 0 Å². The molecule has 5 heteroatoms. The molecule has 0 amide bonds. The number of thiazole rings is 1. The molecule has 0 spiro atoms. The lowest BCUT2D eigenvalue weighted by molar-refractivity contribution is -0.661. The van der Waals surface area contributed by atoms with Gasteiger partial charge in [0, 0.05) is 6.92 Å². The average Bonchev–Trinajstić information content (AvgIpc) is 2.54. The molecule has 1 N–H and O–H groups in total. The van der Waals surface area contributed by atoms with Crippen LogP contribution in [0.3, 0.4) is 0 Å². The number of carboxylic acid groups (broad SMARTS) is 1. The molecule has 0 atom stereocenters. The Labute approximate surface area is 96.7 Å². The van der Waals surface area contributed by atoms with E-state index in [1.165, 1.54) is 0 Å². The van der Waals surface area contributed by atoms with E-state index in [1.807, 2.05) is 25.1 Å². The summed E-state index contributed by atoms with van der Waals surface area (Å²) in [6, 6.07) is 5.69. The van der Waals surface area contributed by atoms with Gasteiger partial charge in [0.25, 0.3) is 0 Å². The van der Waals surface area contributed by atoms with E-state index in [-0.39, 0.29) is 6.54 Å². The summed E-state index contributed by atoms with van der Waals surface area (Å²) >= 11 is 1.58. The number of rotatable bonds is 3. The van der Waals surface area contributed by atoms with Gasteiger partial charge in [-0.05, 0) is 12.1 Å². The number of aromatic nitrogens is 1. The summed E-state index contributed by atoms with van der Waals surface area (Å²) in [7, 11) is 1.60. The highest BCUT2D eigenvalue weighted by molar-refractivity contribution is 7.18. The Hall–Kier alpha value is -1.62. The molecule has 0 unspecified atom stereocenters. The number of methoxy groups -OCH3 is 1. The normalized spacial score (nSPS) is 10.6. The molecule has 1 aromatic heterocycles. The molecule has 0 radical (unpaired) electrons. The standard InChI is InChI=1S/C11H11NO3S/c1-7-12(6-11(13)14)9-5-8(15-2)3-4-10(9)16-7/h3-5H,6H2,1-2H3/p+1. The maximum atomic E-state index is 10.8. The van der Waals surface area contributed by atoms with Crippen LogP contribution in [0.1, 0.15) is 5.01 Å². The highest BCUT2D eigenvalue weighted by Gasteiger charge is 2.20. The highest BCUT2D eigenvalue weighted by atomic mass is 32.1. The van der Waals surface area contributed by atoms with E-state index in [2.05, 4.69) is 0 Å². The number of aliphatic carboxylic acids is 1. The summed E-state index contributed by atoms with van der Waals surface area (Å²) in [5, 5.41) is 9.83. The molecule has 0 aliphatic heterocycles. The van der Waals surface area contributed by atoms with Crippen molar-refractivity contribution in [1.82, 2.24) is 0 Å². The first-order valence-corrected chi connectivity index (χ1v) is 5.62. The van der Waals surface area contributed by atoms with E-state index >= 15 is 0 Å². The molecule has 1 aromatic carbocycles. The van der Waals surface area contributed by atoms with E-state index in [9.17, 15) is 4.79 Å². The second-order valence-corrected chi connectivity index (χ2v) is 4.67. The van der Waals surface area contributed by atoms with Crippen LogP contribution in [-0.2, 0) is 11.3 Å². The molecule has 2 aromatic rings. The molecular formula is C11H12NO3S+. The zero-order valence-corrected chi connectivity index (χ0v) is 9.87. The van der Waals surface area contributed by atoms with E-state index < -0.39 is 5.97 Å². The van der Waals surface area contributed by atoms with Crippen LogP contribution in [0.2, 0.25) is 0 Å². The zero-order chi connectivity index (χ0) is 11.7. The number of ether oxygens (including phenoxy) is 1. The quantitative estimate of drug-likeness (QED) is 0.826. The molecule has 0 saturated heterocycles.